The van der Waals surface area contributed by atoms with E-state index in [-0.39, 0.29) is 17.9 Å². The molecule has 0 fully saturated rings. The lowest BCUT2D eigenvalue weighted by molar-refractivity contribution is -0.119. The summed E-state index contributed by atoms with van der Waals surface area (Å²) in [5.74, 6) is -0.536. The number of nitrogens with zero attached hydrogens (tertiary/aromatic N) is 1. The normalized spacial score (nSPS) is 10.8. The first-order valence-corrected chi connectivity index (χ1v) is 8.62. The van der Waals surface area contributed by atoms with Crippen molar-refractivity contribution in [3.05, 3.63) is 65.7 Å². The van der Waals surface area contributed by atoms with E-state index in [4.69, 9.17) is 15.2 Å². The Balaban J connectivity index is 1.71. The number of phenolic OH excluding ortho intramolecular Hbond substituents is 1. The van der Waals surface area contributed by atoms with Crippen molar-refractivity contribution in [1.82, 2.24) is 5.43 Å². The van der Waals surface area contributed by atoms with Crippen LogP contribution in [-0.2, 0) is 4.79 Å². The molecule has 0 heterocycles. The largest absolute Gasteiger partial charge is 0.507 e. The van der Waals surface area contributed by atoms with Crippen LogP contribution in [0.4, 0.5) is 0 Å². The van der Waals surface area contributed by atoms with Crippen molar-refractivity contribution in [3.63, 3.8) is 0 Å². The molecule has 4 N–H and O–H groups in total. The molecule has 0 radical (unpaired) electrons. The smallest absolute Gasteiger partial charge is 0.275 e. The van der Waals surface area contributed by atoms with Crippen molar-refractivity contribution >= 4 is 28.8 Å². The number of hydrazone groups is 1. The molecule has 0 bridgehead atoms. The summed E-state index contributed by atoms with van der Waals surface area (Å²) in [4.78, 5) is 23.2. The topological polar surface area (TPSA) is 123 Å². The Morgan fingerprint density at radius 1 is 1.10 bits per heavy atom. The lowest BCUT2D eigenvalue weighted by Crippen LogP contribution is -2.20. The minimum atomic E-state index is -0.600. The van der Waals surface area contributed by atoms with E-state index in [2.05, 4.69) is 10.5 Å². The SMILES string of the molecule is COc1cc(C=NNC(=O)c2cc3ccccc3cc2O)ccc1OCC(N)=O. The molecule has 0 aliphatic heterocycles. The molecule has 3 rings (SSSR count). The molecule has 29 heavy (non-hydrogen) atoms. The Hall–Kier alpha value is -4.07. The maximum absolute atomic E-state index is 12.4. The summed E-state index contributed by atoms with van der Waals surface area (Å²) in [5.41, 5.74) is 8.18. The van der Waals surface area contributed by atoms with E-state index in [1.807, 2.05) is 24.3 Å². The zero-order valence-electron chi connectivity index (χ0n) is 15.6. The average molecular weight is 393 g/mol. The molecule has 0 atom stereocenters. The maximum Gasteiger partial charge on any atom is 0.275 e. The van der Waals surface area contributed by atoms with E-state index in [0.717, 1.165) is 10.8 Å². The van der Waals surface area contributed by atoms with E-state index < -0.39 is 11.8 Å². The van der Waals surface area contributed by atoms with Crippen molar-refractivity contribution in [1.29, 1.82) is 0 Å². The summed E-state index contributed by atoms with van der Waals surface area (Å²) in [5, 5.41) is 15.7. The van der Waals surface area contributed by atoms with E-state index in [1.54, 1.807) is 24.3 Å². The highest BCUT2D eigenvalue weighted by Crippen LogP contribution is 2.27. The molecule has 2 amide bonds. The molecule has 0 unspecified atom stereocenters. The van der Waals surface area contributed by atoms with Crippen LogP contribution < -0.4 is 20.6 Å². The van der Waals surface area contributed by atoms with Crippen molar-refractivity contribution in [2.45, 2.75) is 0 Å². The second-order valence-electron chi connectivity index (χ2n) is 6.08. The predicted molar refractivity (Wildman–Crippen MR) is 108 cm³/mol. The molecule has 148 valence electrons. The summed E-state index contributed by atoms with van der Waals surface area (Å²) < 4.78 is 10.5. The number of amides is 2. The molecular formula is C21H19N3O5. The van der Waals surface area contributed by atoms with Crippen molar-refractivity contribution in [2.75, 3.05) is 13.7 Å². The first kappa shape index (κ1) is 19.7. The van der Waals surface area contributed by atoms with Gasteiger partial charge in [-0.1, -0.05) is 24.3 Å². The molecule has 3 aromatic carbocycles. The quantitative estimate of drug-likeness (QED) is 0.419. The second kappa shape index (κ2) is 8.75. The van der Waals surface area contributed by atoms with Crippen molar-refractivity contribution < 1.29 is 24.2 Å². The number of aromatic hydroxyl groups is 1. The average Bonchev–Trinajstić information content (AvgIpc) is 2.71. The minimum Gasteiger partial charge on any atom is -0.507 e. The number of phenols is 1. The van der Waals surface area contributed by atoms with Crippen molar-refractivity contribution in [2.24, 2.45) is 10.8 Å². The molecule has 0 saturated carbocycles. The zero-order chi connectivity index (χ0) is 20.8. The molecule has 0 spiro atoms. The van der Waals surface area contributed by atoms with E-state index in [9.17, 15) is 14.7 Å². The van der Waals surface area contributed by atoms with Crippen molar-refractivity contribution in [3.8, 4) is 17.2 Å². The minimum absolute atomic E-state index is 0.119. The van der Waals surface area contributed by atoms with Crippen LogP contribution in [0, 0.1) is 0 Å². The van der Waals surface area contributed by atoms with Crippen LogP contribution in [0.15, 0.2) is 59.7 Å². The fourth-order valence-electron chi connectivity index (χ4n) is 2.67. The number of benzene rings is 3. The monoisotopic (exact) mass is 393 g/mol. The Morgan fingerprint density at radius 2 is 1.83 bits per heavy atom. The number of carbonyl (C=O) groups excluding carboxylic acids is 2. The van der Waals surface area contributed by atoms with Crippen LogP contribution in [0.1, 0.15) is 15.9 Å². The molecule has 8 heteroatoms. The highest BCUT2D eigenvalue weighted by Gasteiger charge is 2.12. The van der Waals surface area contributed by atoms with Gasteiger partial charge in [0.1, 0.15) is 5.75 Å². The number of hydrogen-bond acceptors (Lipinski definition) is 6. The number of carbonyl (C=O) groups is 2. The number of methoxy groups -OCH3 is 1. The van der Waals surface area contributed by atoms with E-state index >= 15 is 0 Å². The molecule has 3 aromatic rings. The fraction of sp³-hybridized carbons (Fsp3) is 0.0952. The van der Waals surface area contributed by atoms with Gasteiger partial charge in [-0.15, -0.1) is 0 Å². The van der Waals surface area contributed by atoms with Crippen LogP contribution in [0.2, 0.25) is 0 Å². The Labute approximate surface area is 166 Å². The van der Waals surface area contributed by atoms with Gasteiger partial charge in [0.2, 0.25) is 0 Å². The van der Waals surface area contributed by atoms with Gasteiger partial charge in [0.05, 0.1) is 18.9 Å². The van der Waals surface area contributed by atoms with Gasteiger partial charge in [-0.2, -0.15) is 5.10 Å². The summed E-state index contributed by atoms with van der Waals surface area (Å²) in [7, 11) is 1.46. The molecule has 8 nitrogen and oxygen atoms in total. The summed E-state index contributed by atoms with van der Waals surface area (Å²) in [6, 6.07) is 15.4. The lowest BCUT2D eigenvalue weighted by atomic mass is 10.1. The molecule has 0 aliphatic rings. The van der Waals surface area contributed by atoms with Gasteiger partial charge < -0.3 is 20.3 Å². The van der Waals surface area contributed by atoms with Crippen LogP contribution in [0.3, 0.4) is 0 Å². The number of fused-ring (bicyclic) bond motifs is 1. The lowest BCUT2D eigenvalue weighted by Gasteiger charge is -2.09. The number of nitrogens with one attached hydrogen (secondary N) is 1. The van der Waals surface area contributed by atoms with Gasteiger partial charge >= 0.3 is 0 Å². The summed E-state index contributed by atoms with van der Waals surface area (Å²) in [6.07, 6.45) is 1.41. The van der Waals surface area contributed by atoms with E-state index in [0.29, 0.717) is 17.1 Å². The number of nitrogens with two attached hydrogens (primary N) is 1. The standard InChI is InChI=1S/C21H19N3O5/c1-28-19-8-13(6-7-18(19)29-12-20(22)26)11-23-24-21(27)16-9-14-4-2-3-5-15(14)10-17(16)25/h2-11,25H,12H2,1H3,(H2,22,26)(H,24,27). The second-order valence-corrected chi connectivity index (χ2v) is 6.08. The van der Waals surface area contributed by atoms with Gasteiger partial charge in [0.15, 0.2) is 18.1 Å². The van der Waals surface area contributed by atoms with E-state index in [1.165, 1.54) is 19.4 Å². The van der Waals surface area contributed by atoms with Gasteiger partial charge in [0.25, 0.3) is 11.8 Å². The van der Waals surface area contributed by atoms with Crippen LogP contribution in [0.5, 0.6) is 17.2 Å². The number of ether oxygens (including phenoxy) is 2. The van der Waals surface area contributed by atoms with Crippen LogP contribution in [-0.4, -0.2) is 36.9 Å². The highest BCUT2D eigenvalue weighted by molar-refractivity contribution is 6.01. The van der Waals surface area contributed by atoms with Gasteiger partial charge in [-0.3, -0.25) is 9.59 Å². The predicted octanol–water partition coefficient (Wildman–Crippen LogP) is 2.18. The Kier molecular flexibility index (Phi) is 5.94. The number of primary amides is 1. The zero-order valence-corrected chi connectivity index (χ0v) is 15.6. The third kappa shape index (κ3) is 4.81. The third-order valence-corrected chi connectivity index (χ3v) is 4.05. The van der Waals surface area contributed by atoms with Gasteiger partial charge in [-0.25, -0.2) is 5.43 Å². The Morgan fingerprint density at radius 3 is 2.52 bits per heavy atom. The third-order valence-electron chi connectivity index (χ3n) is 4.05. The maximum atomic E-state index is 12.4. The molecular weight excluding hydrogens is 374 g/mol. The molecule has 0 aliphatic carbocycles. The van der Waals surface area contributed by atoms with Crippen LogP contribution in [0.25, 0.3) is 10.8 Å². The van der Waals surface area contributed by atoms with Gasteiger partial charge in [0, 0.05) is 0 Å². The number of rotatable bonds is 7. The van der Waals surface area contributed by atoms with Gasteiger partial charge in [-0.05, 0) is 46.7 Å². The molecule has 0 saturated heterocycles. The summed E-state index contributed by atoms with van der Waals surface area (Å²) >= 11 is 0. The summed E-state index contributed by atoms with van der Waals surface area (Å²) in [6.45, 7) is -0.269. The van der Waals surface area contributed by atoms with Crippen LogP contribution >= 0.6 is 0 Å². The Bertz CT molecular complexity index is 1090. The number of hydrogen-bond donors (Lipinski definition) is 3. The first-order valence-electron chi connectivity index (χ1n) is 8.62. The highest BCUT2D eigenvalue weighted by atomic mass is 16.5. The molecule has 0 aromatic heterocycles. The first-order chi connectivity index (χ1) is 14.0. The fourth-order valence-corrected chi connectivity index (χ4v) is 2.67.